The van der Waals surface area contributed by atoms with Gasteiger partial charge in [-0.25, -0.2) is 0 Å². The Kier molecular flexibility index (Phi) is 5.49. The molecule has 0 bridgehead atoms. The highest BCUT2D eigenvalue weighted by atomic mass is 15.2. The maximum absolute atomic E-state index is 5.64. The van der Waals surface area contributed by atoms with Gasteiger partial charge in [0.25, 0.3) is 0 Å². The van der Waals surface area contributed by atoms with E-state index in [9.17, 15) is 0 Å². The topological polar surface area (TPSA) is 38.0 Å². The van der Waals surface area contributed by atoms with Crippen molar-refractivity contribution in [2.75, 3.05) is 0 Å². The first-order chi connectivity index (χ1) is 6.75. The van der Waals surface area contributed by atoms with Crippen molar-refractivity contribution in [3.05, 3.63) is 0 Å². The fourth-order valence-corrected chi connectivity index (χ4v) is 2.72. The minimum absolute atomic E-state index is 0.521. The summed E-state index contributed by atoms with van der Waals surface area (Å²) in [6.45, 7) is 4.53. The van der Waals surface area contributed by atoms with E-state index >= 15 is 0 Å². The molecule has 1 atom stereocenters. The summed E-state index contributed by atoms with van der Waals surface area (Å²) in [5.74, 6) is 7.11. The molecule has 0 spiro atoms. The summed E-state index contributed by atoms with van der Waals surface area (Å²) in [6, 6.07) is 0.521. The highest BCUT2D eigenvalue weighted by Crippen LogP contribution is 2.27. The van der Waals surface area contributed by atoms with Crippen LogP contribution < -0.4 is 11.3 Å². The minimum Gasteiger partial charge on any atom is -0.271 e. The van der Waals surface area contributed by atoms with E-state index in [1.165, 1.54) is 44.9 Å². The third-order valence-corrected chi connectivity index (χ3v) is 3.57. The highest BCUT2D eigenvalue weighted by molar-refractivity contribution is 4.78. The molecule has 1 fully saturated rings. The van der Waals surface area contributed by atoms with Crippen molar-refractivity contribution in [3.8, 4) is 0 Å². The molecule has 3 N–H and O–H groups in total. The van der Waals surface area contributed by atoms with Gasteiger partial charge in [-0.15, -0.1) is 0 Å². The van der Waals surface area contributed by atoms with Crippen molar-refractivity contribution < 1.29 is 0 Å². The molecule has 0 saturated heterocycles. The van der Waals surface area contributed by atoms with E-state index in [2.05, 4.69) is 19.3 Å². The Morgan fingerprint density at radius 2 is 1.50 bits per heavy atom. The molecule has 0 heterocycles. The Morgan fingerprint density at radius 3 is 1.93 bits per heavy atom. The van der Waals surface area contributed by atoms with Gasteiger partial charge in [0.1, 0.15) is 0 Å². The zero-order valence-electron chi connectivity index (χ0n) is 9.76. The summed E-state index contributed by atoms with van der Waals surface area (Å²) < 4.78 is 0. The van der Waals surface area contributed by atoms with Gasteiger partial charge in [-0.2, -0.15) is 0 Å². The maximum atomic E-state index is 5.64. The van der Waals surface area contributed by atoms with Crippen LogP contribution in [0.1, 0.15) is 58.8 Å². The first kappa shape index (κ1) is 12.0. The summed E-state index contributed by atoms with van der Waals surface area (Å²) in [4.78, 5) is 0. The van der Waals surface area contributed by atoms with E-state index < -0.39 is 0 Å². The van der Waals surface area contributed by atoms with Gasteiger partial charge in [-0.1, -0.05) is 46.0 Å². The summed E-state index contributed by atoms with van der Waals surface area (Å²) in [5, 5.41) is 0. The van der Waals surface area contributed by atoms with Crippen LogP contribution in [-0.4, -0.2) is 6.04 Å². The van der Waals surface area contributed by atoms with Gasteiger partial charge < -0.3 is 0 Å². The highest BCUT2D eigenvalue weighted by Gasteiger charge is 2.23. The Hall–Kier alpha value is -0.0800. The third kappa shape index (κ3) is 3.58. The van der Waals surface area contributed by atoms with Gasteiger partial charge >= 0.3 is 0 Å². The first-order valence-corrected chi connectivity index (χ1v) is 6.22. The van der Waals surface area contributed by atoms with Crippen molar-refractivity contribution >= 4 is 0 Å². The first-order valence-electron chi connectivity index (χ1n) is 6.22. The second-order valence-corrected chi connectivity index (χ2v) is 5.04. The van der Waals surface area contributed by atoms with Crippen LogP contribution in [-0.2, 0) is 0 Å². The summed E-state index contributed by atoms with van der Waals surface area (Å²) in [7, 11) is 0. The van der Waals surface area contributed by atoms with Gasteiger partial charge in [0.15, 0.2) is 0 Å². The average Bonchev–Trinajstić information content (AvgIpc) is 2.08. The molecule has 0 aromatic rings. The molecule has 1 unspecified atom stereocenters. The van der Waals surface area contributed by atoms with E-state index in [1.807, 2.05) is 0 Å². The molecule has 0 aliphatic heterocycles. The molecular formula is C12H26N2. The molecule has 0 radical (unpaired) electrons. The monoisotopic (exact) mass is 198 g/mol. The SMILES string of the molecule is CC(C)C(NN)C1CCCCCCC1. The zero-order chi connectivity index (χ0) is 10.4. The number of nitrogens with two attached hydrogens (primary N) is 1. The molecule has 0 aromatic heterocycles. The van der Waals surface area contributed by atoms with E-state index in [1.54, 1.807) is 0 Å². The Bertz CT molecular complexity index is 137. The standard InChI is InChI=1S/C12H26N2/c1-10(2)12(14-13)11-8-6-4-3-5-7-9-11/h10-12,14H,3-9,13H2,1-2H3. The van der Waals surface area contributed by atoms with Gasteiger partial charge in [-0.3, -0.25) is 11.3 Å². The second kappa shape index (κ2) is 6.41. The fraction of sp³-hybridized carbons (Fsp3) is 1.00. The quantitative estimate of drug-likeness (QED) is 0.540. The average molecular weight is 198 g/mol. The fourth-order valence-electron chi connectivity index (χ4n) is 2.72. The Balaban J connectivity index is 2.44. The van der Waals surface area contributed by atoms with Gasteiger partial charge in [0.2, 0.25) is 0 Å². The van der Waals surface area contributed by atoms with E-state index in [-0.39, 0.29) is 0 Å². The molecule has 2 heteroatoms. The largest absolute Gasteiger partial charge is 0.271 e. The number of nitrogens with one attached hydrogen (secondary N) is 1. The van der Waals surface area contributed by atoms with Crippen LogP contribution in [0.25, 0.3) is 0 Å². The number of hydrazine groups is 1. The van der Waals surface area contributed by atoms with Crippen molar-refractivity contribution in [3.63, 3.8) is 0 Å². The summed E-state index contributed by atoms with van der Waals surface area (Å²) in [6.07, 6.45) is 9.82. The van der Waals surface area contributed by atoms with Crippen LogP contribution in [0.2, 0.25) is 0 Å². The summed E-state index contributed by atoms with van der Waals surface area (Å²) >= 11 is 0. The lowest BCUT2D eigenvalue weighted by Crippen LogP contribution is -2.44. The van der Waals surface area contributed by atoms with Gasteiger partial charge in [-0.05, 0) is 24.7 Å². The molecule has 1 aliphatic rings. The Labute approximate surface area is 88.6 Å². The molecule has 1 rings (SSSR count). The molecule has 0 amide bonds. The van der Waals surface area contributed by atoms with Gasteiger partial charge in [0.05, 0.1) is 0 Å². The van der Waals surface area contributed by atoms with E-state index in [4.69, 9.17) is 5.84 Å². The van der Waals surface area contributed by atoms with Crippen LogP contribution in [0, 0.1) is 11.8 Å². The van der Waals surface area contributed by atoms with E-state index in [0.717, 1.165) is 5.92 Å². The number of hydrogen-bond acceptors (Lipinski definition) is 2. The lowest BCUT2D eigenvalue weighted by Gasteiger charge is -2.31. The summed E-state index contributed by atoms with van der Waals surface area (Å²) in [5.41, 5.74) is 3.02. The van der Waals surface area contributed by atoms with Gasteiger partial charge in [0, 0.05) is 6.04 Å². The van der Waals surface area contributed by atoms with Crippen molar-refractivity contribution in [2.24, 2.45) is 17.7 Å². The lowest BCUT2D eigenvalue weighted by atomic mass is 9.82. The minimum atomic E-state index is 0.521. The predicted molar refractivity (Wildman–Crippen MR) is 61.8 cm³/mol. The Morgan fingerprint density at radius 1 is 1.00 bits per heavy atom. The van der Waals surface area contributed by atoms with Crippen molar-refractivity contribution in [1.82, 2.24) is 5.43 Å². The molecule has 1 aliphatic carbocycles. The molecule has 0 aromatic carbocycles. The van der Waals surface area contributed by atoms with Crippen LogP contribution >= 0.6 is 0 Å². The van der Waals surface area contributed by atoms with Crippen LogP contribution in [0.3, 0.4) is 0 Å². The van der Waals surface area contributed by atoms with Crippen molar-refractivity contribution in [1.29, 1.82) is 0 Å². The molecule has 14 heavy (non-hydrogen) atoms. The lowest BCUT2D eigenvalue weighted by molar-refractivity contribution is 0.238. The molecule has 84 valence electrons. The maximum Gasteiger partial charge on any atom is 0.0261 e. The van der Waals surface area contributed by atoms with E-state index in [0.29, 0.717) is 12.0 Å². The molecular weight excluding hydrogens is 172 g/mol. The smallest absolute Gasteiger partial charge is 0.0261 e. The number of rotatable bonds is 3. The van der Waals surface area contributed by atoms with Crippen LogP contribution in [0.5, 0.6) is 0 Å². The zero-order valence-corrected chi connectivity index (χ0v) is 9.76. The van der Waals surface area contributed by atoms with Crippen LogP contribution in [0.4, 0.5) is 0 Å². The molecule has 1 saturated carbocycles. The van der Waals surface area contributed by atoms with Crippen molar-refractivity contribution in [2.45, 2.75) is 64.8 Å². The second-order valence-electron chi connectivity index (χ2n) is 5.04. The third-order valence-electron chi connectivity index (χ3n) is 3.57. The normalized spacial score (nSPS) is 23.1. The van der Waals surface area contributed by atoms with Crippen LogP contribution in [0.15, 0.2) is 0 Å². The predicted octanol–water partition coefficient (Wildman–Crippen LogP) is 2.83. The molecule has 2 nitrogen and oxygen atoms in total. The number of hydrogen-bond donors (Lipinski definition) is 2.